The molecule has 1 aromatic carbocycles. The Morgan fingerprint density at radius 1 is 1.24 bits per heavy atom. The minimum atomic E-state index is -0.485. The lowest BCUT2D eigenvalue weighted by Gasteiger charge is -2.16. The molecular formula is C11H10ClFN4. The third-order valence-electron chi connectivity index (χ3n) is 2.36. The minimum Gasteiger partial charge on any atom is -0.271 e. The fraction of sp³-hybridized carbons (Fsp3) is 0.0909. The van der Waals surface area contributed by atoms with E-state index < -0.39 is 5.82 Å². The summed E-state index contributed by atoms with van der Waals surface area (Å²) in [7, 11) is 0. The van der Waals surface area contributed by atoms with Gasteiger partial charge in [-0.15, -0.1) is 0 Å². The molecule has 0 bridgehead atoms. The lowest BCUT2D eigenvalue weighted by molar-refractivity contribution is 0.603. The van der Waals surface area contributed by atoms with Crippen molar-refractivity contribution in [3.8, 4) is 0 Å². The van der Waals surface area contributed by atoms with Crippen LogP contribution in [-0.4, -0.2) is 9.97 Å². The van der Waals surface area contributed by atoms with Crippen LogP contribution in [0.2, 0.25) is 5.02 Å². The molecule has 0 aliphatic carbocycles. The van der Waals surface area contributed by atoms with Gasteiger partial charge in [0.2, 0.25) is 0 Å². The maximum absolute atomic E-state index is 13.4. The minimum absolute atomic E-state index is 0.0776. The van der Waals surface area contributed by atoms with Crippen LogP contribution in [-0.2, 0) is 0 Å². The van der Waals surface area contributed by atoms with Crippen molar-refractivity contribution in [2.24, 2.45) is 5.84 Å². The van der Waals surface area contributed by atoms with Gasteiger partial charge in [-0.25, -0.2) is 19.8 Å². The highest BCUT2D eigenvalue weighted by atomic mass is 35.5. The highest BCUT2D eigenvalue weighted by Crippen LogP contribution is 2.23. The molecule has 2 aromatic rings. The van der Waals surface area contributed by atoms with Gasteiger partial charge in [0.1, 0.15) is 12.1 Å². The van der Waals surface area contributed by atoms with Gasteiger partial charge in [-0.1, -0.05) is 17.7 Å². The molecule has 0 aliphatic heterocycles. The molecule has 0 aliphatic rings. The average molecular weight is 253 g/mol. The summed E-state index contributed by atoms with van der Waals surface area (Å²) in [5.41, 5.74) is 4.00. The summed E-state index contributed by atoms with van der Waals surface area (Å²) in [6.45, 7) is 0. The first-order valence-electron chi connectivity index (χ1n) is 4.88. The highest BCUT2D eigenvalue weighted by molar-refractivity contribution is 6.30. The quantitative estimate of drug-likeness (QED) is 0.646. The molecule has 3 N–H and O–H groups in total. The smallest absolute Gasteiger partial charge is 0.142 e. The fourth-order valence-electron chi connectivity index (χ4n) is 1.54. The first-order chi connectivity index (χ1) is 8.22. The van der Waals surface area contributed by atoms with Crippen molar-refractivity contribution < 1.29 is 4.39 Å². The average Bonchev–Trinajstić information content (AvgIpc) is 2.36. The second-order valence-electron chi connectivity index (χ2n) is 3.45. The zero-order valence-electron chi connectivity index (χ0n) is 8.77. The Morgan fingerprint density at radius 2 is 1.94 bits per heavy atom. The Hall–Kier alpha value is -1.56. The number of hydrogen-bond acceptors (Lipinski definition) is 4. The summed E-state index contributed by atoms with van der Waals surface area (Å²) in [4.78, 5) is 7.79. The van der Waals surface area contributed by atoms with Crippen molar-refractivity contribution in [1.29, 1.82) is 0 Å². The summed E-state index contributed by atoms with van der Waals surface area (Å²) in [6.07, 6.45) is 4.65. The summed E-state index contributed by atoms with van der Waals surface area (Å²) < 4.78 is 13.4. The van der Waals surface area contributed by atoms with E-state index in [1.54, 1.807) is 18.5 Å². The predicted octanol–water partition coefficient (Wildman–Crippen LogP) is 1.82. The van der Waals surface area contributed by atoms with Gasteiger partial charge in [0, 0.05) is 18.0 Å². The molecule has 1 unspecified atom stereocenters. The lowest BCUT2D eigenvalue weighted by atomic mass is 10.0. The van der Waals surface area contributed by atoms with Crippen LogP contribution in [0, 0.1) is 5.82 Å². The molecular weight excluding hydrogens is 243 g/mol. The van der Waals surface area contributed by atoms with Gasteiger partial charge in [-0.05, 0) is 17.7 Å². The van der Waals surface area contributed by atoms with E-state index in [0.29, 0.717) is 5.56 Å². The SMILES string of the molecule is NNC(c1cncnc1)c1ccc(Cl)c(F)c1. The third kappa shape index (κ3) is 2.58. The normalized spacial score (nSPS) is 12.4. The van der Waals surface area contributed by atoms with Gasteiger partial charge in [-0.2, -0.15) is 0 Å². The number of benzene rings is 1. The number of halogens is 2. The van der Waals surface area contributed by atoms with Crippen LogP contribution in [0.3, 0.4) is 0 Å². The molecule has 0 amide bonds. The van der Waals surface area contributed by atoms with E-state index in [1.807, 2.05) is 0 Å². The van der Waals surface area contributed by atoms with Crippen LogP contribution in [0.5, 0.6) is 0 Å². The van der Waals surface area contributed by atoms with Gasteiger partial charge < -0.3 is 0 Å². The molecule has 0 saturated heterocycles. The highest BCUT2D eigenvalue weighted by Gasteiger charge is 2.14. The molecule has 1 atom stereocenters. The van der Waals surface area contributed by atoms with Crippen LogP contribution in [0.1, 0.15) is 17.2 Å². The molecule has 0 fully saturated rings. The zero-order chi connectivity index (χ0) is 12.3. The fourth-order valence-corrected chi connectivity index (χ4v) is 1.65. The number of nitrogens with two attached hydrogens (primary N) is 1. The monoisotopic (exact) mass is 252 g/mol. The van der Waals surface area contributed by atoms with E-state index in [1.165, 1.54) is 18.5 Å². The number of nitrogens with zero attached hydrogens (tertiary/aromatic N) is 2. The van der Waals surface area contributed by atoms with Gasteiger partial charge in [0.15, 0.2) is 0 Å². The van der Waals surface area contributed by atoms with Crippen molar-refractivity contribution in [3.05, 3.63) is 58.9 Å². The van der Waals surface area contributed by atoms with Crippen LogP contribution in [0.4, 0.5) is 4.39 Å². The number of hydrogen-bond donors (Lipinski definition) is 2. The summed E-state index contributed by atoms with van der Waals surface area (Å²) in [6, 6.07) is 4.14. The van der Waals surface area contributed by atoms with E-state index in [2.05, 4.69) is 15.4 Å². The number of nitrogens with one attached hydrogen (secondary N) is 1. The van der Waals surface area contributed by atoms with Gasteiger partial charge in [-0.3, -0.25) is 5.84 Å². The molecule has 0 radical (unpaired) electrons. The maximum atomic E-state index is 13.4. The van der Waals surface area contributed by atoms with Crippen LogP contribution in [0.25, 0.3) is 0 Å². The van der Waals surface area contributed by atoms with Crippen LogP contribution >= 0.6 is 11.6 Å². The number of hydrazine groups is 1. The lowest BCUT2D eigenvalue weighted by Crippen LogP contribution is -2.29. The van der Waals surface area contributed by atoms with E-state index in [9.17, 15) is 4.39 Å². The van der Waals surface area contributed by atoms with Crippen molar-refractivity contribution >= 4 is 11.6 Å². The molecule has 4 nitrogen and oxygen atoms in total. The Morgan fingerprint density at radius 3 is 2.53 bits per heavy atom. The van der Waals surface area contributed by atoms with Crippen molar-refractivity contribution in [2.45, 2.75) is 6.04 Å². The molecule has 6 heteroatoms. The van der Waals surface area contributed by atoms with Gasteiger partial charge in [0.05, 0.1) is 11.1 Å². The first kappa shape index (κ1) is 11.9. The van der Waals surface area contributed by atoms with Crippen molar-refractivity contribution in [2.75, 3.05) is 0 Å². The Labute approximate surface area is 103 Å². The van der Waals surface area contributed by atoms with Gasteiger partial charge in [0.25, 0.3) is 0 Å². The molecule has 17 heavy (non-hydrogen) atoms. The van der Waals surface area contributed by atoms with E-state index in [-0.39, 0.29) is 11.1 Å². The second kappa shape index (κ2) is 5.18. The van der Waals surface area contributed by atoms with Crippen molar-refractivity contribution in [1.82, 2.24) is 15.4 Å². The molecule has 0 spiro atoms. The molecule has 0 saturated carbocycles. The van der Waals surface area contributed by atoms with E-state index in [0.717, 1.165) is 5.56 Å². The Bertz CT molecular complexity index is 506. The summed E-state index contributed by atoms with van der Waals surface area (Å²) in [5, 5.41) is 0.0776. The Kier molecular flexibility index (Phi) is 3.63. The van der Waals surface area contributed by atoms with Crippen molar-refractivity contribution in [3.63, 3.8) is 0 Å². The number of aromatic nitrogens is 2. The molecule has 88 valence electrons. The third-order valence-corrected chi connectivity index (χ3v) is 2.66. The van der Waals surface area contributed by atoms with E-state index >= 15 is 0 Å². The summed E-state index contributed by atoms with van der Waals surface area (Å²) in [5.74, 6) is 4.98. The van der Waals surface area contributed by atoms with E-state index in [4.69, 9.17) is 17.4 Å². The van der Waals surface area contributed by atoms with Crippen LogP contribution in [0.15, 0.2) is 36.9 Å². The van der Waals surface area contributed by atoms with Crippen LogP contribution < -0.4 is 11.3 Å². The Balaban J connectivity index is 2.39. The topological polar surface area (TPSA) is 63.8 Å². The largest absolute Gasteiger partial charge is 0.271 e. The predicted molar refractivity (Wildman–Crippen MR) is 62.6 cm³/mol. The van der Waals surface area contributed by atoms with Gasteiger partial charge >= 0.3 is 0 Å². The first-order valence-corrected chi connectivity index (χ1v) is 5.26. The number of rotatable bonds is 3. The second-order valence-corrected chi connectivity index (χ2v) is 3.85. The molecule has 1 aromatic heterocycles. The summed E-state index contributed by atoms with van der Waals surface area (Å²) >= 11 is 5.62. The molecule has 1 heterocycles. The zero-order valence-corrected chi connectivity index (χ0v) is 9.53. The molecule has 2 rings (SSSR count). The standard InChI is InChI=1S/C11H10ClFN4/c12-9-2-1-7(3-10(9)13)11(17-14)8-4-15-6-16-5-8/h1-6,11,17H,14H2. The maximum Gasteiger partial charge on any atom is 0.142 e.